The average molecular weight is 407 g/mol. The number of phenolic OH excluding ortho intramolecular Hbond substituents is 1. The van der Waals surface area contributed by atoms with Crippen LogP contribution in [-0.4, -0.2) is 10.9 Å². The Kier molecular flexibility index (Phi) is 4.00. The first-order valence-electron chi connectivity index (χ1n) is 10.6. The molecule has 2 N–H and O–H groups in total. The number of aromatic hydroxyl groups is 1. The van der Waals surface area contributed by atoms with Crippen molar-refractivity contribution in [2.24, 2.45) is 0 Å². The van der Waals surface area contributed by atoms with E-state index in [-0.39, 0.29) is 23.4 Å². The molecule has 6 rings (SSSR count). The van der Waals surface area contributed by atoms with Crippen molar-refractivity contribution in [3.8, 4) is 5.75 Å². The first-order valence-corrected chi connectivity index (χ1v) is 10.6. The monoisotopic (exact) mass is 407 g/mol. The molecule has 0 bridgehead atoms. The Hall–Kier alpha value is -3.79. The number of benzene rings is 3. The van der Waals surface area contributed by atoms with E-state index in [2.05, 4.69) is 29.6 Å². The van der Waals surface area contributed by atoms with Crippen LogP contribution in [0, 0.1) is 0 Å². The second-order valence-electron chi connectivity index (χ2n) is 8.34. The molecule has 1 aliphatic carbocycles. The van der Waals surface area contributed by atoms with Crippen LogP contribution in [0.25, 0.3) is 10.8 Å². The van der Waals surface area contributed by atoms with Crippen molar-refractivity contribution >= 4 is 22.2 Å². The van der Waals surface area contributed by atoms with Crippen LogP contribution >= 0.6 is 0 Å². The van der Waals surface area contributed by atoms with E-state index in [1.54, 1.807) is 18.4 Å². The molecule has 152 valence electrons. The maximum absolute atomic E-state index is 13.5. The number of nitrogens with one attached hydrogen (secondary N) is 1. The summed E-state index contributed by atoms with van der Waals surface area (Å²) in [5.41, 5.74) is 4.79. The largest absolute Gasteiger partial charge is 0.508 e. The molecule has 0 unspecified atom stereocenters. The highest BCUT2D eigenvalue weighted by atomic mass is 16.3. The van der Waals surface area contributed by atoms with Crippen LogP contribution in [0.1, 0.15) is 41.6 Å². The fourth-order valence-electron chi connectivity index (χ4n) is 5.17. The number of carbonyl (C=O) groups excluding carboxylic acids is 1. The summed E-state index contributed by atoms with van der Waals surface area (Å²) in [7, 11) is 0. The molecule has 1 aromatic heterocycles. The van der Waals surface area contributed by atoms with E-state index in [1.165, 1.54) is 0 Å². The quantitative estimate of drug-likeness (QED) is 0.422. The molecular formula is C27H21NO3. The second kappa shape index (κ2) is 6.88. The standard InChI is InChI=1S/C27H21NO3/c29-19-7-3-6-17(13-19)25-26-20-8-2-1-5-16(20)10-11-21(26)28-22-14-18(15-23(30)27(22)25)24-9-4-12-31-24/h1-13,18,25,28-29H,14-15H2/t18-,25-/m1/s1. The number of Topliss-reactive ketones (excluding diaryl/α,β-unsaturated/α-hetero) is 1. The van der Waals surface area contributed by atoms with E-state index in [1.807, 2.05) is 36.4 Å². The van der Waals surface area contributed by atoms with Crippen LogP contribution < -0.4 is 5.32 Å². The number of anilines is 1. The van der Waals surface area contributed by atoms with Gasteiger partial charge in [0, 0.05) is 35.2 Å². The Morgan fingerprint density at radius 1 is 0.935 bits per heavy atom. The highest BCUT2D eigenvalue weighted by Crippen LogP contribution is 2.50. The summed E-state index contributed by atoms with van der Waals surface area (Å²) in [6, 6.07) is 23.6. The number of hydrogen-bond acceptors (Lipinski definition) is 4. The van der Waals surface area contributed by atoms with Gasteiger partial charge in [-0.05, 0) is 58.7 Å². The summed E-state index contributed by atoms with van der Waals surface area (Å²) in [6.45, 7) is 0. The Bertz CT molecular complexity index is 1350. The Morgan fingerprint density at radius 3 is 2.68 bits per heavy atom. The smallest absolute Gasteiger partial charge is 0.162 e. The molecule has 0 fully saturated rings. The number of fused-ring (bicyclic) bond motifs is 3. The Morgan fingerprint density at radius 2 is 1.84 bits per heavy atom. The van der Waals surface area contributed by atoms with Gasteiger partial charge in [0.15, 0.2) is 5.78 Å². The lowest BCUT2D eigenvalue weighted by atomic mass is 9.71. The molecule has 0 spiro atoms. The summed E-state index contributed by atoms with van der Waals surface area (Å²) in [6.07, 6.45) is 2.80. The zero-order valence-electron chi connectivity index (χ0n) is 16.8. The van der Waals surface area contributed by atoms with Crippen molar-refractivity contribution in [1.29, 1.82) is 0 Å². The van der Waals surface area contributed by atoms with Gasteiger partial charge in [-0.25, -0.2) is 0 Å². The molecular weight excluding hydrogens is 386 g/mol. The molecule has 0 amide bonds. The van der Waals surface area contributed by atoms with E-state index in [0.29, 0.717) is 6.42 Å². The molecule has 3 aromatic carbocycles. The molecule has 1 aliphatic heterocycles. The molecule has 2 atom stereocenters. The van der Waals surface area contributed by atoms with Crippen LogP contribution in [0.3, 0.4) is 0 Å². The summed E-state index contributed by atoms with van der Waals surface area (Å²) < 4.78 is 5.62. The third-order valence-corrected chi connectivity index (χ3v) is 6.49. The van der Waals surface area contributed by atoms with Crippen molar-refractivity contribution < 1.29 is 14.3 Å². The van der Waals surface area contributed by atoms with Gasteiger partial charge in [0.05, 0.1) is 6.26 Å². The van der Waals surface area contributed by atoms with E-state index in [4.69, 9.17) is 4.42 Å². The van der Waals surface area contributed by atoms with Crippen LogP contribution in [0.2, 0.25) is 0 Å². The van der Waals surface area contributed by atoms with Crippen molar-refractivity contribution in [3.05, 3.63) is 107 Å². The van der Waals surface area contributed by atoms with Gasteiger partial charge in [-0.3, -0.25) is 4.79 Å². The van der Waals surface area contributed by atoms with Crippen molar-refractivity contribution in [3.63, 3.8) is 0 Å². The summed E-state index contributed by atoms with van der Waals surface area (Å²) >= 11 is 0. The number of hydrogen-bond donors (Lipinski definition) is 2. The number of furan rings is 1. The highest BCUT2D eigenvalue weighted by Gasteiger charge is 2.39. The van der Waals surface area contributed by atoms with Crippen LogP contribution in [0.15, 0.2) is 94.7 Å². The van der Waals surface area contributed by atoms with Crippen LogP contribution in [0.5, 0.6) is 5.75 Å². The molecule has 0 saturated carbocycles. The fraction of sp³-hybridized carbons (Fsp3) is 0.148. The fourth-order valence-corrected chi connectivity index (χ4v) is 5.17. The Labute approximate surface area is 179 Å². The lowest BCUT2D eigenvalue weighted by Crippen LogP contribution is -2.29. The van der Waals surface area contributed by atoms with Gasteiger partial charge in [-0.2, -0.15) is 0 Å². The number of phenols is 1. The van der Waals surface area contributed by atoms with Crippen molar-refractivity contribution in [2.45, 2.75) is 24.7 Å². The number of rotatable bonds is 2. The molecule has 2 aliphatic rings. The van der Waals surface area contributed by atoms with Gasteiger partial charge >= 0.3 is 0 Å². The van der Waals surface area contributed by atoms with Gasteiger partial charge in [-0.15, -0.1) is 0 Å². The topological polar surface area (TPSA) is 62.5 Å². The zero-order chi connectivity index (χ0) is 20.9. The highest BCUT2D eigenvalue weighted by molar-refractivity contribution is 6.04. The minimum absolute atomic E-state index is 0.0283. The normalized spacial score (nSPS) is 20.3. The third-order valence-electron chi connectivity index (χ3n) is 6.49. The first kappa shape index (κ1) is 18.0. The molecule has 2 heterocycles. The molecule has 0 saturated heterocycles. The number of carbonyl (C=O) groups is 1. The first-order chi connectivity index (χ1) is 15.2. The molecule has 4 nitrogen and oxygen atoms in total. The predicted octanol–water partition coefficient (Wildman–Crippen LogP) is 6.10. The van der Waals surface area contributed by atoms with E-state index in [0.717, 1.165) is 51.0 Å². The summed E-state index contributed by atoms with van der Waals surface area (Å²) in [5, 5.41) is 16.0. The van der Waals surface area contributed by atoms with Crippen LogP contribution in [0.4, 0.5) is 5.69 Å². The van der Waals surface area contributed by atoms with Crippen molar-refractivity contribution in [2.75, 3.05) is 5.32 Å². The zero-order valence-corrected chi connectivity index (χ0v) is 16.8. The lowest BCUT2D eigenvalue weighted by Gasteiger charge is -2.37. The lowest BCUT2D eigenvalue weighted by molar-refractivity contribution is -0.116. The number of ketones is 1. The van der Waals surface area contributed by atoms with Gasteiger partial charge in [0.2, 0.25) is 0 Å². The Balaban J connectivity index is 1.58. The number of allylic oxidation sites excluding steroid dienone is 2. The van der Waals surface area contributed by atoms with E-state index in [9.17, 15) is 9.90 Å². The summed E-state index contributed by atoms with van der Waals surface area (Å²) in [4.78, 5) is 13.5. The summed E-state index contributed by atoms with van der Waals surface area (Å²) in [5.74, 6) is 0.980. The third kappa shape index (κ3) is 2.87. The maximum atomic E-state index is 13.5. The van der Waals surface area contributed by atoms with Crippen LogP contribution in [-0.2, 0) is 4.79 Å². The predicted molar refractivity (Wildman–Crippen MR) is 120 cm³/mol. The average Bonchev–Trinajstić information content (AvgIpc) is 3.32. The van der Waals surface area contributed by atoms with Gasteiger partial charge in [-0.1, -0.05) is 42.5 Å². The van der Waals surface area contributed by atoms with E-state index >= 15 is 0 Å². The minimum atomic E-state index is -0.227. The van der Waals surface area contributed by atoms with Gasteiger partial charge in [0.1, 0.15) is 11.5 Å². The SMILES string of the molecule is O=C1C[C@H](c2ccco2)CC2=C1[C@H](c1cccc(O)c1)c1c(ccc3ccccc13)N2. The minimum Gasteiger partial charge on any atom is -0.508 e. The van der Waals surface area contributed by atoms with Gasteiger partial charge in [0.25, 0.3) is 0 Å². The van der Waals surface area contributed by atoms with Crippen molar-refractivity contribution in [1.82, 2.24) is 0 Å². The second-order valence-corrected chi connectivity index (χ2v) is 8.34. The molecule has 31 heavy (non-hydrogen) atoms. The molecule has 4 heteroatoms. The maximum Gasteiger partial charge on any atom is 0.162 e. The van der Waals surface area contributed by atoms with E-state index < -0.39 is 0 Å². The van der Waals surface area contributed by atoms with Gasteiger partial charge < -0.3 is 14.8 Å². The molecule has 4 aromatic rings. The molecule has 0 radical (unpaired) electrons.